The number of amides is 1. The van der Waals surface area contributed by atoms with Gasteiger partial charge in [0.2, 0.25) is 0 Å². The molecule has 2 aromatic rings. The fraction of sp³-hybridized carbons (Fsp3) is 0.304. The number of rotatable bonds is 5. The highest BCUT2D eigenvalue weighted by Gasteiger charge is 2.33. The van der Waals surface area contributed by atoms with E-state index in [9.17, 15) is 27.6 Å². The van der Waals surface area contributed by atoms with Crippen LogP contribution in [0, 0.1) is 5.92 Å². The van der Waals surface area contributed by atoms with Gasteiger partial charge in [0.05, 0.1) is 22.8 Å². The molecule has 2 aliphatic rings. The molecular weight excluding hydrogens is 434 g/mol. The number of ether oxygens (including phenoxy) is 1. The molecule has 2 unspecified atom stereocenters. The summed E-state index contributed by atoms with van der Waals surface area (Å²) in [5.41, 5.74) is 1.02. The standard InChI is InChI=1S/C23H21NO7S/c1-13(31-19(25)11-14-9-10-32(29,30)12-14)23(28)24-18-8-4-7-17-20(18)22(27)16-6-3-2-5-15(16)21(17)26/h2-8,13-14H,9-12H2,1H3,(H,24,28). The Kier molecular flexibility index (Phi) is 5.68. The van der Waals surface area contributed by atoms with Gasteiger partial charge in [-0.1, -0.05) is 36.4 Å². The van der Waals surface area contributed by atoms with Gasteiger partial charge in [-0.3, -0.25) is 19.2 Å². The summed E-state index contributed by atoms with van der Waals surface area (Å²) in [6, 6.07) is 11.1. The second-order valence-corrected chi connectivity index (χ2v) is 10.3. The van der Waals surface area contributed by atoms with Crippen LogP contribution < -0.4 is 5.32 Å². The Morgan fingerprint density at radius 3 is 2.34 bits per heavy atom. The van der Waals surface area contributed by atoms with E-state index in [4.69, 9.17) is 4.74 Å². The van der Waals surface area contributed by atoms with Gasteiger partial charge in [0.25, 0.3) is 5.91 Å². The summed E-state index contributed by atoms with van der Waals surface area (Å²) in [5.74, 6) is -2.33. The van der Waals surface area contributed by atoms with Crippen molar-refractivity contribution < 1.29 is 32.3 Å². The summed E-state index contributed by atoms with van der Waals surface area (Å²) in [6.45, 7) is 1.39. The van der Waals surface area contributed by atoms with E-state index in [-0.39, 0.29) is 57.8 Å². The van der Waals surface area contributed by atoms with E-state index in [0.29, 0.717) is 12.0 Å². The quantitative estimate of drug-likeness (QED) is 0.585. The molecule has 0 radical (unpaired) electrons. The van der Waals surface area contributed by atoms with Crippen molar-refractivity contribution in [2.45, 2.75) is 25.9 Å². The van der Waals surface area contributed by atoms with Gasteiger partial charge in [-0.25, -0.2) is 8.42 Å². The van der Waals surface area contributed by atoms with Crippen LogP contribution in [0.4, 0.5) is 5.69 Å². The molecule has 0 bridgehead atoms. The van der Waals surface area contributed by atoms with E-state index in [1.54, 1.807) is 30.3 Å². The van der Waals surface area contributed by atoms with Crippen LogP contribution >= 0.6 is 0 Å². The van der Waals surface area contributed by atoms with Gasteiger partial charge in [0, 0.05) is 23.1 Å². The molecule has 9 heteroatoms. The number of fused-ring (bicyclic) bond motifs is 2. The number of hydrogen-bond donors (Lipinski definition) is 1. The smallest absolute Gasteiger partial charge is 0.306 e. The Bertz CT molecular complexity index is 1250. The van der Waals surface area contributed by atoms with Crippen LogP contribution in [0.2, 0.25) is 0 Å². The van der Waals surface area contributed by atoms with Gasteiger partial charge in [0.1, 0.15) is 0 Å². The Morgan fingerprint density at radius 2 is 1.69 bits per heavy atom. The van der Waals surface area contributed by atoms with Crippen molar-refractivity contribution in [3.63, 3.8) is 0 Å². The number of esters is 1. The van der Waals surface area contributed by atoms with Crippen LogP contribution in [-0.4, -0.2) is 49.5 Å². The van der Waals surface area contributed by atoms with Gasteiger partial charge in [-0.15, -0.1) is 0 Å². The topological polar surface area (TPSA) is 124 Å². The Balaban J connectivity index is 1.47. The number of carbonyl (C=O) groups is 4. The minimum atomic E-state index is -3.11. The highest BCUT2D eigenvalue weighted by molar-refractivity contribution is 7.91. The molecule has 2 aromatic carbocycles. The minimum Gasteiger partial charge on any atom is -0.453 e. The van der Waals surface area contributed by atoms with Crippen molar-refractivity contribution >= 4 is 39.0 Å². The van der Waals surface area contributed by atoms with E-state index in [1.165, 1.54) is 19.1 Å². The molecule has 166 valence electrons. The van der Waals surface area contributed by atoms with Gasteiger partial charge < -0.3 is 10.1 Å². The van der Waals surface area contributed by atoms with E-state index >= 15 is 0 Å². The third-order valence-electron chi connectivity index (χ3n) is 5.67. The molecule has 4 rings (SSSR count). The lowest BCUT2D eigenvalue weighted by Crippen LogP contribution is -2.32. The first-order chi connectivity index (χ1) is 15.2. The van der Waals surface area contributed by atoms with E-state index in [1.807, 2.05) is 0 Å². The molecule has 1 aliphatic heterocycles. The van der Waals surface area contributed by atoms with Gasteiger partial charge in [-0.05, 0) is 25.3 Å². The first-order valence-electron chi connectivity index (χ1n) is 10.2. The van der Waals surface area contributed by atoms with Crippen molar-refractivity contribution in [3.8, 4) is 0 Å². The lowest BCUT2D eigenvalue weighted by molar-refractivity contribution is -0.153. The number of nitrogens with one attached hydrogen (secondary N) is 1. The summed E-state index contributed by atoms with van der Waals surface area (Å²) in [7, 11) is -3.11. The molecule has 1 amide bonds. The highest BCUT2D eigenvalue weighted by atomic mass is 32.2. The maximum absolute atomic E-state index is 13.0. The van der Waals surface area contributed by atoms with Crippen molar-refractivity contribution in [1.82, 2.24) is 0 Å². The molecule has 1 heterocycles. The monoisotopic (exact) mass is 455 g/mol. The number of anilines is 1. The molecule has 0 spiro atoms. The lowest BCUT2D eigenvalue weighted by Gasteiger charge is -2.21. The highest BCUT2D eigenvalue weighted by Crippen LogP contribution is 2.32. The van der Waals surface area contributed by atoms with Crippen molar-refractivity contribution in [2.24, 2.45) is 5.92 Å². The number of carbonyl (C=O) groups excluding carboxylic acids is 4. The zero-order valence-corrected chi connectivity index (χ0v) is 18.1. The number of sulfone groups is 1. The van der Waals surface area contributed by atoms with E-state index < -0.39 is 27.8 Å². The van der Waals surface area contributed by atoms with Crippen molar-refractivity contribution in [3.05, 3.63) is 64.7 Å². The molecule has 8 nitrogen and oxygen atoms in total. The predicted molar refractivity (Wildman–Crippen MR) is 115 cm³/mol. The maximum Gasteiger partial charge on any atom is 0.306 e. The summed E-state index contributed by atoms with van der Waals surface area (Å²) in [6.07, 6.45) is -0.856. The molecule has 1 saturated heterocycles. The van der Waals surface area contributed by atoms with Crippen LogP contribution in [0.25, 0.3) is 0 Å². The zero-order valence-electron chi connectivity index (χ0n) is 17.3. The third-order valence-corrected chi connectivity index (χ3v) is 7.51. The zero-order chi connectivity index (χ0) is 23.0. The Hall–Kier alpha value is -3.33. The van der Waals surface area contributed by atoms with Crippen molar-refractivity contribution in [2.75, 3.05) is 16.8 Å². The summed E-state index contributed by atoms with van der Waals surface area (Å²) >= 11 is 0. The Labute approximate surface area is 184 Å². The molecule has 0 saturated carbocycles. The molecule has 1 fully saturated rings. The molecule has 32 heavy (non-hydrogen) atoms. The van der Waals surface area contributed by atoms with E-state index in [2.05, 4.69) is 5.32 Å². The lowest BCUT2D eigenvalue weighted by atomic mass is 9.83. The van der Waals surface area contributed by atoms with E-state index in [0.717, 1.165) is 0 Å². The summed E-state index contributed by atoms with van der Waals surface area (Å²) in [4.78, 5) is 50.6. The average Bonchev–Trinajstić information content (AvgIpc) is 3.09. The molecule has 1 aliphatic carbocycles. The minimum absolute atomic E-state index is 0.0516. The predicted octanol–water partition coefficient (Wildman–Crippen LogP) is 2.16. The van der Waals surface area contributed by atoms with Crippen LogP contribution in [0.3, 0.4) is 0 Å². The third kappa shape index (κ3) is 4.20. The second kappa shape index (κ2) is 8.31. The SMILES string of the molecule is CC(OC(=O)CC1CCS(=O)(=O)C1)C(=O)Nc1cccc2c1C(=O)c1ccccc1C2=O. The fourth-order valence-corrected chi connectivity index (χ4v) is 5.91. The normalized spacial score (nSPS) is 19.6. The average molecular weight is 455 g/mol. The van der Waals surface area contributed by atoms with Crippen LogP contribution in [0.15, 0.2) is 42.5 Å². The molecular formula is C23H21NO7S. The maximum atomic E-state index is 13.0. The number of benzene rings is 2. The fourth-order valence-electron chi connectivity index (χ4n) is 4.05. The summed E-state index contributed by atoms with van der Waals surface area (Å²) < 4.78 is 28.2. The largest absolute Gasteiger partial charge is 0.453 e. The number of ketones is 2. The first-order valence-corrected chi connectivity index (χ1v) is 12.0. The van der Waals surface area contributed by atoms with Crippen LogP contribution in [0.1, 0.15) is 51.6 Å². The summed E-state index contributed by atoms with van der Waals surface area (Å²) in [5, 5.41) is 2.58. The van der Waals surface area contributed by atoms with Gasteiger partial charge in [0.15, 0.2) is 27.5 Å². The van der Waals surface area contributed by atoms with Crippen LogP contribution in [0.5, 0.6) is 0 Å². The molecule has 0 aromatic heterocycles. The van der Waals surface area contributed by atoms with Crippen LogP contribution in [-0.2, 0) is 24.2 Å². The first kappa shape index (κ1) is 21.9. The Morgan fingerprint density at radius 1 is 1.03 bits per heavy atom. The molecule has 2 atom stereocenters. The van der Waals surface area contributed by atoms with Crippen molar-refractivity contribution in [1.29, 1.82) is 0 Å². The second-order valence-electron chi connectivity index (χ2n) is 8.03. The van der Waals surface area contributed by atoms with Gasteiger partial charge in [-0.2, -0.15) is 0 Å². The molecule has 1 N–H and O–H groups in total. The van der Waals surface area contributed by atoms with Gasteiger partial charge >= 0.3 is 5.97 Å². The number of hydrogen-bond acceptors (Lipinski definition) is 7.